The fourth-order valence-electron chi connectivity index (χ4n) is 2.25. The Morgan fingerprint density at radius 3 is 2.29 bits per heavy atom. The summed E-state index contributed by atoms with van der Waals surface area (Å²) in [5.74, 6) is 0. The number of aldehydes is 1. The van der Waals surface area contributed by atoms with E-state index in [9.17, 15) is 4.79 Å². The molecule has 82 valence electrons. The third-order valence-electron chi connectivity index (χ3n) is 3.55. The normalized spacial score (nSPS) is 21.5. The van der Waals surface area contributed by atoms with Crippen LogP contribution in [0.25, 0.3) is 0 Å². The van der Waals surface area contributed by atoms with Crippen LogP contribution >= 0.6 is 0 Å². The van der Waals surface area contributed by atoms with Crippen LogP contribution in [0.1, 0.15) is 46.0 Å². The van der Waals surface area contributed by atoms with Crippen LogP contribution in [-0.2, 0) is 4.79 Å². The molecule has 0 aromatic heterocycles. The smallest absolute Gasteiger partial charge is 0.127 e. The zero-order valence-electron chi connectivity index (χ0n) is 9.75. The lowest BCUT2D eigenvalue weighted by molar-refractivity contribution is -0.119. The van der Waals surface area contributed by atoms with Crippen molar-refractivity contribution in [3.8, 4) is 0 Å². The summed E-state index contributed by atoms with van der Waals surface area (Å²) >= 11 is 0. The van der Waals surface area contributed by atoms with E-state index in [0.29, 0.717) is 6.04 Å². The summed E-state index contributed by atoms with van der Waals surface area (Å²) in [5.41, 5.74) is -0.0305. The van der Waals surface area contributed by atoms with Gasteiger partial charge in [0.1, 0.15) is 6.29 Å². The Morgan fingerprint density at radius 1 is 1.29 bits per heavy atom. The van der Waals surface area contributed by atoms with Crippen molar-refractivity contribution < 1.29 is 4.79 Å². The number of hydrogen-bond donors (Lipinski definition) is 0. The largest absolute Gasteiger partial charge is 0.303 e. The van der Waals surface area contributed by atoms with Crippen molar-refractivity contribution in [2.45, 2.75) is 52.0 Å². The summed E-state index contributed by atoms with van der Waals surface area (Å²) in [4.78, 5) is 13.5. The van der Waals surface area contributed by atoms with E-state index in [2.05, 4.69) is 25.8 Å². The Labute approximate surface area is 87.7 Å². The Hall–Kier alpha value is -0.370. The fourth-order valence-corrected chi connectivity index (χ4v) is 2.25. The van der Waals surface area contributed by atoms with Gasteiger partial charge in [-0.15, -0.1) is 0 Å². The Kier molecular flexibility index (Phi) is 4.11. The molecule has 2 nitrogen and oxygen atoms in total. The van der Waals surface area contributed by atoms with E-state index in [1.807, 2.05) is 0 Å². The third-order valence-corrected chi connectivity index (χ3v) is 3.55. The highest BCUT2D eigenvalue weighted by Gasteiger charge is 2.33. The molecular formula is C12H23NO. The molecule has 0 radical (unpaired) electrons. The lowest BCUT2D eigenvalue weighted by atomic mass is 9.75. The van der Waals surface area contributed by atoms with Crippen LogP contribution in [0, 0.1) is 5.41 Å². The summed E-state index contributed by atoms with van der Waals surface area (Å²) in [6.45, 7) is 5.30. The van der Waals surface area contributed by atoms with Crippen molar-refractivity contribution in [2.24, 2.45) is 5.41 Å². The van der Waals surface area contributed by atoms with Crippen molar-refractivity contribution in [1.82, 2.24) is 4.90 Å². The van der Waals surface area contributed by atoms with E-state index in [1.165, 1.54) is 25.5 Å². The van der Waals surface area contributed by atoms with Gasteiger partial charge in [-0.05, 0) is 33.7 Å². The van der Waals surface area contributed by atoms with Crippen molar-refractivity contribution >= 4 is 6.29 Å². The highest BCUT2D eigenvalue weighted by Crippen LogP contribution is 2.35. The quantitative estimate of drug-likeness (QED) is 0.645. The standard InChI is InChI=1S/C12H23NO/c1-11(2)13(3)9-12(10-14)7-5-4-6-8-12/h10-11H,4-9H2,1-3H3. The molecule has 0 aliphatic heterocycles. The van der Waals surface area contributed by atoms with Crippen LogP contribution in [-0.4, -0.2) is 30.8 Å². The zero-order valence-corrected chi connectivity index (χ0v) is 9.75. The van der Waals surface area contributed by atoms with Gasteiger partial charge < -0.3 is 9.69 Å². The summed E-state index contributed by atoms with van der Waals surface area (Å²) in [5, 5.41) is 0. The monoisotopic (exact) mass is 197 g/mol. The van der Waals surface area contributed by atoms with Crippen LogP contribution in [0.4, 0.5) is 0 Å². The minimum atomic E-state index is -0.0305. The molecule has 0 bridgehead atoms. The molecule has 0 saturated heterocycles. The summed E-state index contributed by atoms with van der Waals surface area (Å²) in [6, 6.07) is 0.536. The van der Waals surface area contributed by atoms with Crippen molar-refractivity contribution in [3.63, 3.8) is 0 Å². The Balaban J connectivity index is 2.55. The lowest BCUT2D eigenvalue weighted by Crippen LogP contribution is -2.41. The highest BCUT2D eigenvalue weighted by molar-refractivity contribution is 5.60. The van der Waals surface area contributed by atoms with E-state index in [-0.39, 0.29) is 5.41 Å². The van der Waals surface area contributed by atoms with Crippen molar-refractivity contribution in [3.05, 3.63) is 0 Å². The maximum Gasteiger partial charge on any atom is 0.127 e. The molecule has 0 aromatic carbocycles. The molecule has 0 unspecified atom stereocenters. The molecule has 1 fully saturated rings. The van der Waals surface area contributed by atoms with Gasteiger partial charge in [-0.1, -0.05) is 19.3 Å². The third kappa shape index (κ3) is 2.81. The van der Waals surface area contributed by atoms with E-state index in [1.54, 1.807) is 0 Å². The molecule has 0 spiro atoms. The van der Waals surface area contributed by atoms with Gasteiger partial charge >= 0.3 is 0 Å². The van der Waals surface area contributed by atoms with Crippen LogP contribution in [0.5, 0.6) is 0 Å². The first-order valence-electron chi connectivity index (χ1n) is 5.76. The van der Waals surface area contributed by atoms with Gasteiger partial charge in [0.25, 0.3) is 0 Å². The number of hydrogen-bond acceptors (Lipinski definition) is 2. The highest BCUT2D eigenvalue weighted by atomic mass is 16.1. The van der Waals surface area contributed by atoms with Gasteiger partial charge in [0.05, 0.1) is 0 Å². The average Bonchev–Trinajstić information content (AvgIpc) is 2.19. The first kappa shape index (κ1) is 11.7. The molecule has 0 aromatic rings. The van der Waals surface area contributed by atoms with Crippen molar-refractivity contribution in [2.75, 3.05) is 13.6 Å². The number of carbonyl (C=O) groups is 1. The fraction of sp³-hybridized carbons (Fsp3) is 0.917. The predicted molar refractivity (Wildman–Crippen MR) is 59.3 cm³/mol. The van der Waals surface area contributed by atoms with Crippen molar-refractivity contribution in [1.29, 1.82) is 0 Å². The van der Waals surface area contributed by atoms with E-state index >= 15 is 0 Å². The second kappa shape index (κ2) is 4.92. The maximum atomic E-state index is 11.2. The maximum absolute atomic E-state index is 11.2. The summed E-state index contributed by atoms with van der Waals surface area (Å²) < 4.78 is 0. The molecule has 1 aliphatic carbocycles. The van der Waals surface area contributed by atoms with Crippen LogP contribution in [0.15, 0.2) is 0 Å². The lowest BCUT2D eigenvalue weighted by Gasteiger charge is -2.37. The second-order valence-corrected chi connectivity index (χ2v) is 5.05. The Morgan fingerprint density at radius 2 is 1.86 bits per heavy atom. The summed E-state index contributed by atoms with van der Waals surface area (Å²) in [6.07, 6.45) is 7.16. The molecule has 0 atom stereocenters. The molecular weight excluding hydrogens is 174 g/mol. The molecule has 1 saturated carbocycles. The van der Waals surface area contributed by atoms with Crippen LogP contribution in [0.3, 0.4) is 0 Å². The van der Waals surface area contributed by atoms with E-state index < -0.39 is 0 Å². The van der Waals surface area contributed by atoms with Gasteiger partial charge in [-0.3, -0.25) is 0 Å². The predicted octanol–water partition coefficient (Wildman–Crippen LogP) is 2.48. The van der Waals surface area contributed by atoms with E-state index in [0.717, 1.165) is 19.4 Å². The topological polar surface area (TPSA) is 20.3 Å². The molecule has 0 heterocycles. The van der Waals surface area contributed by atoms with Crippen LogP contribution < -0.4 is 0 Å². The average molecular weight is 197 g/mol. The van der Waals surface area contributed by atoms with Gasteiger partial charge in [0, 0.05) is 18.0 Å². The van der Waals surface area contributed by atoms with Gasteiger partial charge in [0.15, 0.2) is 0 Å². The molecule has 14 heavy (non-hydrogen) atoms. The van der Waals surface area contributed by atoms with Gasteiger partial charge in [0.2, 0.25) is 0 Å². The molecule has 0 amide bonds. The van der Waals surface area contributed by atoms with Gasteiger partial charge in [-0.25, -0.2) is 0 Å². The SMILES string of the molecule is CC(C)N(C)CC1(C=O)CCCCC1. The van der Waals surface area contributed by atoms with Gasteiger partial charge in [-0.2, -0.15) is 0 Å². The second-order valence-electron chi connectivity index (χ2n) is 5.05. The Bertz CT molecular complexity index is 183. The molecule has 2 heteroatoms. The first-order valence-corrected chi connectivity index (χ1v) is 5.76. The minimum Gasteiger partial charge on any atom is -0.303 e. The minimum absolute atomic E-state index is 0.0305. The number of carbonyl (C=O) groups excluding carboxylic acids is 1. The zero-order chi connectivity index (χ0) is 10.6. The van der Waals surface area contributed by atoms with Crippen LogP contribution in [0.2, 0.25) is 0 Å². The summed E-state index contributed by atoms with van der Waals surface area (Å²) in [7, 11) is 2.12. The number of nitrogens with zero attached hydrogens (tertiary/aromatic N) is 1. The molecule has 1 aliphatic rings. The molecule has 0 N–H and O–H groups in total. The molecule has 1 rings (SSSR count). The van der Waals surface area contributed by atoms with E-state index in [4.69, 9.17) is 0 Å². The first-order chi connectivity index (χ1) is 6.59. The number of rotatable bonds is 4.